The van der Waals surface area contributed by atoms with Gasteiger partial charge in [-0.05, 0) is 46.5 Å². The molecule has 0 unspecified atom stereocenters. The van der Waals surface area contributed by atoms with Crippen molar-refractivity contribution in [2.45, 2.75) is 37.6 Å². The summed E-state index contributed by atoms with van der Waals surface area (Å²) in [5.41, 5.74) is 7.46. The zero-order chi connectivity index (χ0) is 13.2. The molecule has 1 saturated carbocycles. The van der Waals surface area contributed by atoms with Gasteiger partial charge < -0.3 is 15.2 Å². The highest BCUT2D eigenvalue weighted by Crippen LogP contribution is 2.42. The summed E-state index contributed by atoms with van der Waals surface area (Å²) in [6.45, 7) is 0. The summed E-state index contributed by atoms with van der Waals surface area (Å²) >= 11 is 3.53. The molecule has 2 N–H and O–H groups in total. The van der Waals surface area contributed by atoms with Crippen LogP contribution < -0.4 is 15.2 Å². The third-order valence-corrected chi connectivity index (χ3v) is 4.34. The largest absolute Gasteiger partial charge is 0.493 e. The van der Waals surface area contributed by atoms with Gasteiger partial charge in [0.2, 0.25) is 0 Å². The molecule has 1 aromatic carbocycles. The molecule has 0 aliphatic heterocycles. The summed E-state index contributed by atoms with van der Waals surface area (Å²) in [4.78, 5) is 0. The second kappa shape index (κ2) is 5.49. The molecule has 2 rings (SSSR count). The smallest absolute Gasteiger partial charge is 0.174 e. The van der Waals surface area contributed by atoms with E-state index < -0.39 is 0 Å². The topological polar surface area (TPSA) is 44.5 Å². The fourth-order valence-corrected chi connectivity index (χ4v) is 3.28. The summed E-state index contributed by atoms with van der Waals surface area (Å²) in [7, 11) is 3.29. The van der Waals surface area contributed by atoms with Crippen molar-refractivity contribution in [3.05, 3.63) is 22.2 Å². The Kier molecular flexibility index (Phi) is 4.17. The Morgan fingerprint density at radius 3 is 2.33 bits per heavy atom. The molecule has 0 amide bonds. The summed E-state index contributed by atoms with van der Waals surface area (Å²) in [5.74, 6) is 1.46. The Hall–Kier alpha value is -0.740. The van der Waals surface area contributed by atoms with Crippen LogP contribution in [0.15, 0.2) is 16.6 Å². The average Bonchev–Trinajstić information content (AvgIpc) is 2.38. The molecule has 0 spiro atoms. The normalized spacial score (nSPS) is 18.4. The number of rotatable bonds is 3. The number of methoxy groups -OCH3 is 2. The standard InChI is InChI=1S/C14H20BrNO2/c1-17-12-9-10(8-11(15)13(12)18-2)14(16)6-4-3-5-7-14/h8-9H,3-7,16H2,1-2H3. The maximum atomic E-state index is 6.55. The molecule has 0 saturated heterocycles. The predicted molar refractivity (Wildman–Crippen MR) is 76.2 cm³/mol. The lowest BCUT2D eigenvalue weighted by Crippen LogP contribution is -2.38. The number of hydrogen-bond donors (Lipinski definition) is 1. The van der Waals surface area contributed by atoms with Crippen LogP contribution in [0.1, 0.15) is 37.7 Å². The molecule has 0 aromatic heterocycles. The van der Waals surface area contributed by atoms with Crippen LogP contribution in [0.4, 0.5) is 0 Å². The molecule has 1 aliphatic carbocycles. The van der Waals surface area contributed by atoms with Gasteiger partial charge in [-0.1, -0.05) is 19.3 Å². The van der Waals surface area contributed by atoms with E-state index in [1.54, 1.807) is 14.2 Å². The Balaban J connectivity index is 2.42. The van der Waals surface area contributed by atoms with E-state index in [0.29, 0.717) is 0 Å². The van der Waals surface area contributed by atoms with Crippen molar-refractivity contribution in [3.63, 3.8) is 0 Å². The molecule has 18 heavy (non-hydrogen) atoms. The van der Waals surface area contributed by atoms with Crippen molar-refractivity contribution in [2.75, 3.05) is 14.2 Å². The zero-order valence-corrected chi connectivity index (χ0v) is 12.5. The molecule has 3 nitrogen and oxygen atoms in total. The van der Waals surface area contributed by atoms with Crippen LogP contribution in [0.3, 0.4) is 0 Å². The van der Waals surface area contributed by atoms with E-state index in [1.165, 1.54) is 19.3 Å². The lowest BCUT2D eigenvalue weighted by Gasteiger charge is -2.34. The van der Waals surface area contributed by atoms with Crippen molar-refractivity contribution >= 4 is 15.9 Å². The highest BCUT2D eigenvalue weighted by atomic mass is 79.9. The van der Waals surface area contributed by atoms with Crippen molar-refractivity contribution < 1.29 is 9.47 Å². The summed E-state index contributed by atoms with van der Waals surface area (Å²) < 4.78 is 11.6. The van der Waals surface area contributed by atoms with Crippen LogP contribution in [-0.2, 0) is 5.54 Å². The third-order valence-electron chi connectivity index (χ3n) is 3.75. The van der Waals surface area contributed by atoms with Crippen molar-refractivity contribution in [1.29, 1.82) is 0 Å². The van der Waals surface area contributed by atoms with Gasteiger partial charge in [-0.25, -0.2) is 0 Å². The van der Waals surface area contributed by atoms with E-state index in [-0.39, 0.29) is 5.54 Å². The number of nitrogens with two attached hydrogens (primary N) is 1. The van der Waals surface area contributed by atoms with Gasteiger partial charge in [0.15, 0.2) is 11.5 Å². The maximum Gasteiger partial charge on any atom is 0.174 e. The maximum absolute atomic E-state index is 6.55. The first-order valence-corrected chi connectivity index (χ1v) is 7.11. The van der Waals surface area contributed by atoms with Gasteiger partial charge in [-0.15, -0.1) is 0 Å². The first kappa shape index (κ1) is 13.7. The summed E-state index contributed by atoms with van der Waals surface area (Å²) in [6, 6.07) is 4.07. The summed E-state index contributed by atoms with van der Waals surface area (Å²) in [5, 5.41) is 0. The van der Waals surface area contributed by atoms with Gasteiger partial charge in [0.05, 0.1) is 18.7 Å². The molecular weight excluding hydrogens is 294 g/mol. The second-order valence-electron chi connectivity index (χ2n) is 4.91. The van der Waals surface area contributed by atoms with Crippen LogP contribution in [0.25, 0.3) is 0 Å². The number of ether oxygens (including phenoxy) is 2. The third kappa shape index (κ3) is 2.50. The molecule has 0 heterocycles. The Labute approximate surface area is 117 Å². The minimum absolute atomic E-state index is 0.222. The Morgan fingerprint density at radius 1 is 1.11 bits per heavy atom. The van der Waals surface area contributed by atoms with Crippen LogP contribution >= 0.6 is 15.9 Å². The quantitative estimate of drug-likeness (QED) is 0.927. The molecule has 1 aliphatic rings. The molecule has 100 valence electrons. The molecule has 4 heteroatoms. The number of halogens is 1. The summed E-state index contributed by atoms with van der Waals surface area (Å²) in [6.07, 6.45) is 5.75. The molecule has 0 atom stereocenters. The van der Waals surface area contributed by atoms with Crippen molar-refractivity contribution in [2.24, 2.45) is 5.73 Å². The van der Waals surface area contributed by atoms with E-state index in [0.717, 1.165) is 34.4 Å². The molecular formula is C14H20BrNO2. The molecule has 0 bridgehead atoms. The molecule has 0 radical (unpaired) electrons. The van der Waals surface area contributed by atoms with Crippen molar-refractivity contribution in [1.82, 2.24) is 0 Å². The lowest BCUT2D eigenvalue weighted by atomic mass is 9.77. The minimum atomic E-state index is -0.222. The second-order valence-corrected chi connectivity index (χ2v) is 5.76. The van der Waals surface area contributed by atoms with E-state index in [4.69, 9.17) is 15.2 Å². The average molecular weight is 314 g/mol. The van der Waals surface area contributed by atoms with Gasteiger partial charge >= 0.3 is 0 Å². The fraction of sp³-hybridized carbons (Fsp3) is 0.571. The number of hydrogen-bond acceptors (Lipinski definition) is 3. The van der Waals surface area contributed by atoms with E-state index in [9.17, 15) is 0 Å². The van der Waals surface area contributed by atoms with Gasteiger partial charge in [0.25, 0.3) is 0 Å². The minimum Gasteiger partial charge on any atom is -0.493 e. The molecule has 1 fully saturated rings. The zero-order valence-electron chi connectivity index (χ0n) is 11.0. The van der Waals surface area contributed by atoms with Crippen LogP contribution in [0.5, 0.6) is 11.5 Å². The van der Waals surface area contributed by atoms with Gasteiger partial charge in [0.1, 0.15) is 0 Å². The van der Waals surface area contributed by atoms with Crippen LogP contribution in [0.2, 0.25) is 0 Å². The SMILES string of the molecule is COc1cc(C2(N)CCCCC2)cc(Br)c1OC. The lowest BCUT2D eigenvalue weighted by molar-refractivity contribution is 0.298. The number of benzene rings is 1. The van der Waals surface area contributed by atoms with E-state index in [1.807, 2.05) is 6.07 Å². The fourth-order valence-electron chi connectivity index (χ4n) is 2.68. The highest BCUT2D eigenvalue weighted by molar-refractivity contribution is 9.10. The highest BCUT2D eigenvalue weighted by Gasteiger charge is 2.30. The van der Waals surface area contributed by atoms with Crippen LogP contribution in [0, 0.1) is 0 Å². The monoisotopic (exact) mass is 313 g/mol. The van der Waals surface area contributed by atoms with Gasteiger partial charge in [-0.2, -0.15) is 0 Å². The van der Waals surface area contributed by atoms with Gasteiger partial charge in [0, 0.05) is 5.54 Å². The first-order valence-electron chi connectivity index (χ1n) is 6.31. The molecule has 1 aromatic rings. The van der Waals surface area contributed by atoms with Gasteiger partial charge in [-0.3, -0.25) is 0 Å². The first-order chi connectivity index (χ1) is 8.60. The van der Waals surface area contributed by atoms with E-state index >= 15 is 0 Å². The van der Waals surface area contributed by atoms with E-state index in [2.05, 4.69) is 22.0 Å². The van der Waals surface area contributed by atoms with Crippen LogP contribution in [-0.4, -0.2) is 14.2 Å². The Morgan fingerprint density at radius 2 is 1.78 bits per heavy atom. The van der Waals surface area contributed by atoms with Crippen molar-refractivity contribution in [3.8, 4) is 11.5 Å². The predicted octanol–water partition coefficient (Wildman–Crippen LogP) is 3.58. The Bertz CT molecular complexity index is 428.